The zero-order valence-corrected chi connectivity index (χ0v) is 10.8. The molecule has 1 aliphatic rings. The fourth-order valence-corrected chi connectivity index (χ4v) is 2.09. The Balaban J connectivity index is 2.77. The summed E-state index contributed by atoms with van der Waals surface area (Å²) in [5.41, 5.74) is -1.98. The second-order valence-corrected chi connectivity index (χ2v) is 4.47. The van der Waals surface area contributed by atoms with Crippen LogP contribution in [0.1, 0.15) is 19.8 Å². The molecule has 19 heavy (non-hydrogen) atoms. The van der Waals surface area contributed by atoms with Crippen molar-refractivity contribution in [2.75, 3.05) is 7.11 Å². The molecule has 0 saturated heterocycles. The first-order valence-corrected chi connectivity index (χ1v) is 5.84. The minimum absolute atomic E-state index is 0.371. The molecule has 7 nitrogen and oxygen atoms in total. The van der Waals surface area contributed by atoms with Crippen LogP contribution < -0.4 is 0 Å². The minimum Gasteiger partial charge on any atom is -0.467 e. The average Bonchev–Trinajstić information content (AvgIpc) is 2.33. The van der Waals surface area contributed by atoms with Crippen LogP contribution in [0.5, 0.6) is 0 Å². The zero-order chi connectivity index (χ0) is 14.6. The van der Waals surface area contributed by atoms with Gasteiger partial charge in [0.2, 0.25) is 0 Å². The Labute approximate surface area is 110 Å². The van der Waals surface area contributed by atoms with Crippen LogP contribution in [0.4, 0.5) is 0 Å². The Morgan fingerprint density at radius 1 is 1.26 bits per heavy atom. The van der Waals surface area contributed by atoms with E-state index in [-0.39, 0.29) is 12.8 Å². The molecule has 0 aromatic carbocycles. The van der Waals surface area contributed by atoms with Crippen LogP contribution in [0.2, 0.25) is 0 Å². The number of esters is 2. The Morgan fingerprint density at radius 3 is 2.21 bits per heavy atom. The lowest BCUT2D eigenvalue weighted by Gasteiger charge is -2.39. The van der Waals surface area contributed by atoms with Crippen LogP contribution in [0.3, 0.4) is 0 Å². The van der Waals surface area contributed by atoms with Crippen molar-refractivity contribution in [1.29, 1.82) is 0 Å². The van der Waals surface area contributed by atoms with Crippen LogP contribution in [-0.2, 0) is 19.1 Å². The van der Waals surface area contributed by atoms with Crippen molar-refractivity contribution in [3.63, 3.8) is 0 Å². The van der Waals surface area contributed by atoms with Gasteiger partial charge in [-0.25, -0.2) is 9.59 Å². The van der Waals surface area contributed by atoms with Crippen molar-refractivity contribution in [2.24, 2.45) is 0 Å². The number of allylic oxidation sites excluding steroid dienone is 1. The minimum atomic E-state index is -1.98. The van der Waals surface area contributed by atoms with E-state index >= 15 is 0 Å². The molecule has 3 N–H and O–H groups in total. The number of carbonyl (C=O) groups excluding carboxylic acids is 2. The van der Waals surface area contributed by atoms with E-state index in [1.807, 2.05) is 0 Å². The summed E-state index contributed by atoms with van der Waals surface area (Å²) in [4.78, 5) is 22.7. The maximum Gasteiger partial charge on any atom is 0.338 e. The molecule has 2 atom stereocenters. The Hall–Kier alpha value is -1.44. The maximum absolute atomic E-state index is 11.4. The zero-order valence-electron chi connectivity index (χ0n) is 10.8. The van der Waals surface area contributed by atoms with E-state index in [1.165, 1.54) is 6.08 Å². The first-order valence-electron chi connectivity index (χ1n) is 5.84. The smallest absolute Gasteiger partial charge is 0.338 e. The summed E-state index contributed by atoms with van der Waals surface area (Å²) in [5.74, 6) is -1.65. The van der Waals surface area contributed by atoms with Crippen LogP contribution >= 0.6 is 0 Å². The molecule has 0 aromatic heterocycles. The van der Waals surface area contributed by atoms with Crippen molar-refractivity contribution in [2.45, 2.75) is 43.7 Å². The first-order chi connectivity index (χ1) is 8.84. The molecule has 0 radical (unpaired) electrons. The summed E-state index contributed by atoms with van der Waals surface area (Å²) in [6.45, 7) is 1.62. The van der Waals surface area contributed by atoms with E-state index in [1.54, 1.807) is 6.92 Å². The number of carbonyl (C=O) groups is 2. The molecule has 0 bridgehead atoms. The topological polar surface area (TPSA) is 113 Å². The van der Waals surface area contributed by atoms with Gasteiger partial charge < -0.3 is 24.8 Å². The summed E-state index contributed by atoms with van der Waals surface area (Å²) >= 11 is 0. The van der Waals surface area contributed by atoms with Crippen molar-refractivity contribution in [3.05, 3.63) is 12.2 Å². The number of aliphatic hydroxyl groups is 3. The summed E-state index contributed by atoms with van der Waals surface area (Å²) in [6, 6.07) is 0. The number of rotatable bonds is 3. The number of methoxy groups -OCH3 is 1. The van der Waals surface area contributed by atoms with Crippen LogP contribution in [-0.4, -0.2) is 58.3 Å². The molecule has 0 spiro atoms. The van der Waals surface area contributed by atoms with Gasteiger partial charge in [0.05, 0.1) is 19.3 Å². The SMILES string of the molecule is C/C=C/C(=O)OC1[C@H](O)CC(O)(C(=O)OC)C[C@H]1O. The highest BCUT2D eigenvalue weighted by molar-refractivity contribution is 5.82. The van der Waals surface area contributed by atoms with Gasteiger partial charge in [-0.05, 0) is 6.92 Å². The maximum atomic E-state index is 11.4. The summed E-state index contributed by atoms with van der Waals surface area (Å²) in [5, 5.41) is 29.6. The number of ether oxygens (including phenoxy) is 2. The van der Waals surface area contributed by atoms with Gasteiger partial charge in [0, 0.05) is 18.9 Å². The average molecular weight is 274 g/mol. The fourth-order valence-electron chi connectivity index (χ4n) is 2.09. The normalized spacial score (nSPS) is 35.1. The third-order valence-corrected chi connectivity index (χ3v) is 2.97. The highest BCUT2D eigenvalue weighted by Crippen LogP contribution is 2.31. The van der Waals surface area contributed by atoms with Gasteiger partial charge in [0.1, 0.15) is 0 Å². The Bertz CT molecular complexity index is 364. The molecular formula is C12H18O7. The largest absolute Gasteiger partial charge is 0.467 e. The van der Waals surface area contributed by atoms with E-state index in [0.29, 0.717) is 0 Å². The monoisotopic (exact) mass is 274 g/mol. The molecule has 108 valence electrons. The molecular weight excluding hydrogens is 256 g/mol. The summed E-state index contributed by atoms with van der Waals surface area (Å²) < 4.78 is 9.29. The molecule has 1 fully saturated rings. The van der Waals surface area contributed by atoms with Crippen LogP contribution in [0, 0.1) is 0 Å². The number of hydrogen-bond donors (Lipinski definition) is 3. The van der Waals surface area contributed by atoms with Gasteiger partial charge in [-0.2, -0.15) is 0 Å². The lowest BCUT2D eigenvalue weighted by atomic mass is 9.79. The van der Waals surface area contributed by atoms with Crippen molar-refractivity contribution < 1.29 is 34.4 Å². The molecule has 0 amide bonds. The predicted molar refractivity (Wildman–Crippen MR) is 62.9 cm³/mol. The Morgan fingerprint density at radius 2 is 1.79 bits per heavy atom. The van der Waals surface area contributed by atoms with Gasteiger partial charge in [-0.3, -0.25) is 0 Å². The summed E-state index contributed by atoms with van der Waals surface area (Å²) in [7, 11) is 1.09. The van der Waals surface area contributed by atoms with E-state index in [0.717, 1.165) is 13.2 Å². The number of hydrogen-bond acceptors (Lipinski definition) is 7. The molecule has 1 rings (SSSR count). The molecule has 0 aliphatic heterocycles. The van der Waals surface area contributed by atoms with Gasteiger partial charge in [0.15, 0.2) is 11.7 Å². The third-order valence-electron chi connectivity index (χ3n) is 2.97. The van der Waals surface area contributed by atoms with Gasteiger partial charge in [0.25, 0.3) is 0 Å². The van der Waals surface area contributed by atoms with E-state index in [2.05, 4.69) is 4.74 Å². The molecule has 1 saturated carbocycles. The first kappa shape index (κ1) is 15.6. The highest BCUT2D eigenvalue weighted by atomic mass is 16.6. The van der Waals surface area contributed by atoms with Crippen LogP contribution in [0.15, 0.2) is 12.2 Å². The fraction of sp³-hybridized carbons (Fsp3) is 0.667. The number of aliphatic hydroxyl groups excluding tert-OH is 2. The standard InChI is InChI=1S/C12H18O7/c1-3-4-9(15)19-10-7(13)5-12(17,6-8(10)14)11(16)18-2/h3-4,7-8,10,13-14,17H,5-6H2,1-2H3/b4-3+/t7-,8-,10?,12?/m1/s1. The predicted octanol–water partition coefficient (Wildman–Crippen LogP) is -1.11. The molecule has 0 aromatic rings. The lowest BCUT2D eigenvalue weighted by Crippen LogP contribution is -2.57. The summed E-state index contributed by atoms with van der Waals surface area (Å²) in [6.07, 6.45) is -2.05. The third kappa shape index (κ3) is 3.52. The molecule has 1 aliphatic carbocycles. The van der Waals surface area contributed by atoms with E-state index < -0.39 is 35.9 Å². The van der Waals surface area contributed by atoms with Gasteiger partial charge in [-0.1, -0.05) is 6.08 Å². The van der Waals surface area contributed by atoms with Gasteiger partial charge in [-0.15, -0.1) is 0 Å². The van der Waals surface area contributed by atoms with E-state index in [4.69, 9.17) is 4.74 Å². The van der Waals surface area contributed by atoms with Crippen molar-refractivity contribution in [3.8, 4) is 0 Å². The lowest BCUT2D eigenvalue weighted by molar-refractivity contribution is -0.198. The molecule has 0 unspecified atom stereocenters. The van der Waals surface area contributed by atoms with Crippen LogP contribution in [0.25, 0.3) is 0 Å². The molecule has 0 heterocycles. The van der Waals surface area contributed by atoms with E-state index in [9.17, 15) is 24.9 Å². The quantitative estimate of drug-likeness (QED) is 0.442. The molecule has 7 heteroatoms. The van der Waals surface area contributed by atoms with Crippen molar-refractivity contribution in [1.82, 2.24) is 0 Å². The second kappa shape index (κ2) is 6.14. The van der Waals surface area contributed by atoms with Crippen molar-refractivity contribution >= 4 is 11.9 Å². The Kier molecular flexibility index (Phi) is 5.04. The highest BCUT2D eigenvalue weighted by Gasteiger charge is 2.50. The second-order valence-electron chi connectivity index (χ2n) is 4.47. The van der Waals surface area contributed by atoms with Gasteiger partial charge >= 0.3 is 11.9 Å².